The zero-order chi connectivity index (χ0) is 20.1. The van der Waals surface area contributed by atoms with Gasteiger partial charge in [-0.25, -0.2) is 0 Å². The molecule has 0 spiro atoms. The van der Waals surface area contributed by atoms with Crippen molar-refractivity contribution in [2.45, 2.75) is 19.3 Å². The number of Topliss-reactive ketones (excluding diaryl/α,β-unsaturated/α-hetero) is 1. The number of hydrogen-bond donors (Lipinski definition) is 0. The van der Waals surface area contributed by atoms with Gasteiger partial charge in [0.15, 0.2) is 5.78 Å². The Hall–Kier alpha value is -2.98. The van der Waals surface area contributed by atoms with E-state index in [0.717, 1.165) is 26.3 Å². The van der Waals surface area contributed by atoms with Gasteiger partial charge in [0, 0.05) is 49.1 Å². The molecule has 0 bridgehead atoms. The number of morpholine rings is 1. The molecule has 1 fully saturated rings. The molecule has 148 valence electrons. The van der Waals surface area contributed by atoms with E-state index >= 15 is 0 Å². The minimum atomic E-state index is 0.0237. The molecule has 4 nitrogen and oxygen atoms in total. The van der Waals surface area contributed by atoms with Gasteiger partial charge < -0.3 is 9.64 Å². The number of benzene rings is 2. The Kier molecular flexibility index (Phi) is 6.01. The molecule has 1 unspecified atom stereocenters. The van der Waals surface area contributed by atoms with Crippen LogP contribution in [-0.4, -0.2) is 37.1 Å². The van der Waals surface area contributed by atoms with E-state index in [2.05, 4.69) is 53.2 Å². The Bertz CT molecular complexity index is 948. The first-order valence-electron chi connectivity index (χ1n) is 10.1. The van der Waals surface area contributed by atoms with Crippen LogP contribution in [0, 0.1) is 6.92 Å². The lowest BCUT2D eigenvalue weighted by molar-refractivity contribution is 0.0977. The number of pyridine rings is 1. The van der Waals surface area contributed by atoms with Crippen LogP contribution in [0.2, 0.25) is 0 Å². The number of carbonyl (C=O) groups excluding carboxylic acids is 1. The van der Waals surface area contributed by atoms with Crippen molar-refractivity contribution in [1.82, 2.24) is 4.98 Å². The van der Waals surface area contributed by atoms with Crippen molar-refractivity contribution < 1.29 is 9.53 Å². The Labute approximate surface area is 172 Å². The summed E-state index contributed by atoms with van der Waals surface area (Å²) < 4.78 is 5.46. The lowest BCUT2D eigenvalue weighted by atomic mass is 9.84. The zero-order valence-corrected chi connectivity index (χ0v) is 16.8. The lowest BCUT2D eigenvalue weighted by Crippen LogP contribution is -2.36. The number of anilines is 1. The van der Waals surface area contributed by atoms with E-state index in [1.807, 2.05) is 12.1 Å². The summed E-state index contributed by atoms with van der Waals surface area (Å²) >= 11 is 0. The van der Waals surface area contributed by atoms with Crippen LogP contribution in [0.15, 0.2) is 73.1 Å². The molecule has 1 aromatic heterocycles. The molecule has 1 saturated heterocycles. The predicted octanol–water partition coefficient (Wildman–Crippen LogP) is 4.63. The van der Waals surface area contributed by atoms with E-state index in [4.69, 9.17) is 4.74 Å². The highest BCUT2D eigenvalue weighted by Crippen LogP contribution is 2.32. The smallest absolute Gasteiger partial charge is 0.163 e. The van der Waals surface area contributed by atoms with Gasteiger partial charge in [-0.05, 0) is 47.9 Å². The largest absolute Gasteiger partial charge is 0.378 e. The Balaban J connectivity index is 1.63. The maximum atomic E-state index is 13.0. The van der Waals surface area contributed by atoms with Gasteiger partial charge in [-0.15, -0.1) is 0 Å². The van der Waals surface area contributed by atoms with Crippen LogP contribution < -0.4 is 4.90 Å². The lowest BCUT2D eigenvalue weighted by Gasteiger charge is -2.29. The summed E-state index contributed by atoms with van der Waals surface area (Å²) in [6.45, 7) is 5.49. The summed E-state index contributed by atoms with van der Waals surface area (Å²) in [7, 11) is 0. The molecule has 4 heteroatoms. The summed E-state index contributed by atoms with van der Waals surface area (Å²) in [6, 6.07) is 20.6. The number of rotatable bonds is 6. The van der Waals surface area contributed by atoms with Crippen LogP contribution in [0.1, 0.15) is 39.4 Å². The molecule has 1 aliphatic rings. The molecule has 0 N–H and O–H groups in total. The van der Waals surface area contributed by atoms with Gasteiger partial charge in [0.25, 0.3) is 0 Å². The molecule has 1 aliphatic heterocycles. The standard InChI is InChI=1S/C25H26N2O2/c1-19-4-2-3-5-23(19)24(18-25(28)21-10-12-26-13-11-21)20-6-8-22(9-7-20)27-14-16-29-17-15-27/h2-13,24H,14-18H2,1H3. The first-order valence-corrected chi connectivity index (χ1v) is 10.1. The molecule has 0 radical (unpaired) electrons. The van der Waals surface area contributed by atoms with E-state index in [9.17, 15) is 4.79 Å². The van der Waals surface area contributed by atoms with E-state index in [0.29, 0.717) is 12.0 Å². The number of carbonyl (C=O) groups is 1. The Morgan fingerprint density at radius 1 is 1.00 bits per heavy atom. The highest BCUT2D eigenvalue weighted by atomic mass is 16.5. The summed E-state index contributed by atoms with van der Waals surface area (Å²) in [6.07, 6.45) is 3.78. The van der Waals surface area contributed by atoms with Crippen LogP contribution >= 0.6 is 0 Å². The van der Waals surface area contributed by atoms with E-state index in [1.54, 1.807) is 24.5 Å². The molecule has 3 aromatic rings. The number of hydrogen-bond acceptors (Lipinski definition) is 4. The number of ketones is 1. The Morgan fingerprint density at radius 3 is 2.38 bits per heavy atom. The van der Waals surface area contributed by atoms with Crippen molar-refractivity contribution in [1.29, 1.82) is 0 Å². The third-order valence-electron chi connectivity index (χ3n) is 5.63. The van der Waals surface area contributed by atoms with Crippen LogP contribution in [0.5, 0.6) is 0 Å². The molecule has 2 heterocycles. The summed E-state index contributed by atoms with van der Waals surface area (Å²) in [4.78, 5) is 19.3. The monoisotopic (exact) mass is 386 g/mol. The molecule has 1 atom stereocenters. The zero-order valence-electron chi connectivity index (χ0n) is 16.8. The first kappa shape index (κ1) is 19.3. The topological polar surface area (TPSA) is 42.4 Å². The SMILES string of the molecule is Cc1ccccc1C(CC(=O)c1ccncc1)c1ccc(N2CCOCC2)cc1. The van der Waals surface area contributed by atoms with Crippen LogP contribution in [-0.2, 0) is 4.74 Å². The van der Waals surface area contributed by atoms with Gasteiger partial charge >= 0.3 is 0 Å². The van der Waals surface area contributed by atoms with Gasteiger partial charge in [-0.1, -0.05) is 36.4 Å². The molecule has 4 rings (SSSR count). The van der Waals surface area contributed by atoms with Crippen molar-refractivity contribution in [2.75, 3.05) is 31.2 Å². The fourth-order valence-corrected chi connectivity index (χ4v) is 3.97. The van der Waals surface area contributed by atoms with Crippen LogP contribution in [0.4, 0.5) is 5.69 Å². The summed E-state index contributed by atoms with van der Waals surface area (Å²) in [5.41, 5.74) is 5.49. The number of nitrogens with zero attached hydrogens (tertiary/aromatic N) is 2. The fraction of sp³-hybridized carbons (Fsp3) is 0.280. The molecule has 29 heavy (non-hydrogen) atoms. The quantitative estimate of drug-likeness (QED) is 0.579. The number of ether oxygens (including phenoxy) is 1. The molecular weight excluding hydrogens is 360 g/mol. The third-order valence-corrected chi connectivity index (χ3v) is 5.63. The van der Waals surface area contributed by atoms with Gasteiger partial charge in [0.2, 0.25) is 0 Å². The second kappa shape index (κ2) is 9.01. The van der Waals surface area contributed by atoms with Gasteiger partial charge in [0.1, 0.15) is 0 Å². The molecule has 0 aliphatic carbocycles. The molecule has 0 amide bonds. The minimum Gasteiger partial charge on any atom is -0.378 e. The van der Waals surface area contributed by atoms with Gasteiger partial charge in [-0.3, -0.25) is 9.78 Å². The van der Waals surface area contributed by atoms with Crippen molar-refractivity contribution in [3.63, 3.8) is 0 Å². The normalized spacial score (nSPS) is 15.1. The second-order valence-corrected chi connectivity index (χ2v) is 7.46. The first-order chi connectivity index (χ1) is 14.2. The molecule has 2 aromatic carbocycles. The Morgan fingerprint density at radius 2 is 1.69 bits per heavy atom. The van der Waals surface area contributed by atoms with Gasteiger partial charge in [-0.2, -0.15) is 0 Å². The number of aromatic nitrogens is 1. The highest BCUT2D eigenvalue weighted by molar-refractivity contribution is 5.96. The van der Waals surface area contributed by atoms with Crippen molar-refractivity contribution in [2.24, 2.45) is 0 Å². The number of aryl methyl sites for hydroxylation is 1. The van der Waals surface area contributed by atoms with E-state index in [1.165, 1.54) is 22.4 Å². The van der Waals surface area contributed by atoms with E-state index in [-0.39, 0.29) is 11.7 Å². The van der Waals surface area contributed by atoms with Gasteiger partial charge in [0.05, 0.1) is 13.2 Å². The maximum absolute atomic E-state index is 13.0. The van der Waals surface area contributed by atoms with Crippen molar-refractivity contribution >= 4 is 11.5 Å². The fourth-order valence-electron chi connectivity index (χ4n) is 3.97. The third kappa shape index (κ3) is 4.54. The maximum Gasteiger partial charge on any atom is 0.163 e. The highest BCUT2D eigenvalue weighted by Gasteiger charge is 2.21. The van der Waals surface area contributed by atoms with Crippen LogP contribution in [0.25, 0.3) is 0 Å². The van der Waals surface area contributed by atoms with Crippen LogP contribution in [0.3, 0.4) is 0 Å². The van der Waals surface area contributed by atoms with E-state index < -0.39 is 0 Å². The second-order valence-electron chi connectivity index (χ2n) is 7.46. The summed E-state index contributed by atoms with van der Waals surface area (Å²) in [5, 5.41) is 0. The summed E-state index contributed by atoms with van der Waals surface area (Å²) in [5.74, 6) is 0.161. The average Bonchev–Trinajstić information content (AvgIpc) is 2.79. The molecular formula is C25H26N2O2. The average molecular weight is 386 g/mol. The predicted molar refractivity (Wildman–Crippen MR) is 116 cm³/mol. The minimum absolute atomic E-state index is 0.0237. The molecule has 0 saturated carbocycles. The van der Waals surface area contributed by atoms with Crippen molar-refractivity contribution in [3.8, 4) is 0 Å². The van der Waals surface area contributed by atoms with Crippen molar-refractivity contribution in [3.05, 3.63) is 95.3 Å².